The van der Waals surface area contributed by atoms with E-state index in [4.69, 9.17) is 14.6 Å². The third-order valence-electron chi connectivity index (χ3n) is 3.37. The van der Waals surface area contributed by atoms with Crippen molar-refractivity contribution in [3.05, 3.63) is 59.7 Å². The lowest BCUT2D eigenvalue weighted by Gasteiger charge is -2.12. The summed E-state index contributed by atoms with van der Waals surface area (Å²) in [6, 6.07) is 15.6. The van der Waals surface area contributed by atoms with Crippen LogP contribution < -0.4 is 9.47 Å². The van der Waals surface area contributed by atoms with E-state index >= 15 is 0 Å². The van der Waals surface area contributed by atoms with Crippen molar-refractivity contribution in [2.45, 2.75) is 19.3 Å². The molecule has 0 radical (unpaired) electrons. The highest BCUT2D eigenvalue weighted by Gasteiger charge is 2.08. The van der Waals surface area contributed by atoms with Gasteiger partial charge in [0.1, 0.15) is 11.5 Å². The highest BCUT2D eigenvalue weighted by atomic mass is 16.5. The molecule has 0 fully saturated rings. The Bertz CT molecular complexity index is 608. The molecule has 0 aliphatic rings. The van der Waals surface area contributed by atoms with Crippen LogP contribution in [0.2, 0.25) is 0 Å². The van der Waals surface area contributed by atoms with E-state index in [-0.39, 0.29) is 6.42 Å². The van der Waals surface area contributed by atoms with Crippen LogP contribution >= 0.6 is 0 Å². The van der Waals surface area contributed by atoms with Gasteiger partial charge in [0.25, 0.3) is 0 Å². The molecule has 0 amide bonds. The van der Waals surface area contributed by atoms with Crippen molar-refractivity contribution in [3.63, 3.8) is 0 Å². The largest absolute Gasteiger partial charge is 0.497 e. The summed E-state index contributed by atoms with van der Waals surface area (Å²) < 4.78 is 11.0. The van der Waals surface area contributed by atoms with E-state index in [0.29, 0.717) is 24.5 Å². The summed E-state index contributed by atoms with van der Waals surface area (Å²) in [6.07, 6.45) is 1.33. The van der Waals surface area contributed by atoms with Crippen molar-refractivity contribution in [2.75, 3.05) is 13.7 Å². The molecular weight excluding hydrogens is 280 g/mol. The van der Waals surface area contributed by atoms with Crippen molar-refractivity contribution in [2.24, 2.45) is 0 Å². The first kappa shape index (κ1) is 15.9. The highest BCUT2D eigenvalue weighted by Crippen LogP contribution is 2.26. The molecule has 0 saturated carbocycles. The Morgan fingerprint density at radius 2 is 1.86 bits per heavy atom. The molecule has 0 bridgehead atoms. The first-order chi connectivity index (χ1) is 10.7. The molecule has 0 unspecified atom stereocenters. The molecule has 0 spiro atoms. The molecule has 2 rings (SSSR count). The van der Waals surface area contributed by atoms with E-state index in [1.165, 1.54) is 5.56 Å². The number of aryl methyl sites for hydroxylation is 1. The van der Waals surface area contributed by atoms with E-state index in [9.17, 15) is 4.79 Å². The van der Waals surface area contributed by atoms with Crippen molar-refractivity contribution >= 4 is 5.97 Å². The SMILES string of the molecule is COc1ccc(CCC(=O)O)c(OCCc2ccccc2)c1. The van der Waals surface area contributed by atoms with E-state index in [1.807, 2.05) is 36.4 Å². The van der Waals surface area contributed by atoms with Gasteiger partial charge in [-0.05, 0) is 23.6 Å². The van der Waals surface area contributed by atoms with Gasteiger partial charge in [-0.2, -0.15) is 0 Å². The van der Waals surface area contributed by atoms with Crippen LogP contribution in [0, 0.1) is 0 Å². The fraction of sp³-hybridized carbons (Fsp3) is 0.278. The molecule has 0 saturated heterocycles. The van der Waals surface area contributed by atoms with Gasteiger partial charge in [-0.25, -0.2) is 0 Å². The van der Waals surface area contributed by atoms with Gasteiger partial charge < -0.3 is 14.6 Å². The van der Waals surface area contributed by atoms with Crippen LogP contribution in [0.1, 0.15) is 17.5 Å². The maximum absolute atomic E-state index is 10.7. The first-order valence-electron chi connectivity index (χ1n) is 7.24. The molecule has 0 aromatic heterocycles. The predicted molar refractivity (Wildman–Crippen MR) is 84.6 cm³/mol. The predicted octanol–water partition coefficient (Wildman–Crippen LogP) is 3.33. The molecule has 1 N–H and O–H groups in total. The van der Waals surface area contributed by atoms with Crippen molar-refractivity contribution in [3.8, 4) is 11.5 Å². The smallest absolute Gasteiger partial charge is 0.303 e. The average Bonchev–Trinajstić information content (AvgIpc) is 2.54. The van der Waals surface area contributed by atoms with E-state index in [0.717, 1.165) is 12.0 Å². The van der Waals surface area contributed by atoms with Gasteiger partial charge in [-0.15, -0.1) is 0 Å². The lowest BCUT2D eigenvalue weighted by atomic mass is 10.1. The number of carboxylic acids is 1. The van der Waals surface area contributed by atoms with Gasteiger partial charge in [-0.3, -0.25) is 4.79 Å². The monoisotopic (exact) mass is 300 g/mol. The number of benzene rings is 2. The number of carboxylic acid groups (broad SMARTS) is 1. The van der Waals surface area contributed by atoms with E-state index in [2.05, 4.69) is 12.1 Å². The molecule has 2 aromatic rings. The molecule has 0 heterocycles. The van der Waals surface area contributed by atoms with Crippen LogP contribution in [-0.2, 0) is 17.6 Å². The number of hydrogen-bond donors (Lipinski definition) is 1. The summed E-state index contributed by atoms with van der Waals surface area (Å²) in [5, 5.41) is 8.83. The molecule has 116 valence electrons. The molecule has 0 aliphatic heterocycles. The number of ether oxygens (including phenoxy) is 2. The normalized spacial score (nSPS) is 10.2. The highest BCUT2D eigenvalue weighted by molar-refractivity contribution is 5.67. The van der Waals surface area contributed by atoms with Crippen molar-refractivity contribution < 1.29 is 19.4 Å². The van der Waals surface area contributed by atoms with Crippen LogP contribution in [0.25, 0.3) is 0 Å². The zero-order chi connectivity index (χ0) is 15.8. The molecule has 2 aromatic carbocycles. The van der Waals surface area contributed by atoms with Gasteiger partial charge >= 0.3 is 5.97 Å². The Labute approximate surface area is 130 Å². The Balaban J connectivity index is 2.01. The number of carbonyl (C=O) groups is 1. The van der Waals surface area contributed by atoms with Gasteiger partial charge in [0.05, 0.1) is 13.7 Å². The minimum atomic E-state index is -0.814. The number of methoxy groups -OCH3 is 1. The first-order valence-corrected chi connectivity index (χ1v) is 7.24. The van der Waals surface area contributed by atoms with Gasteiger partial charge in [0.15, 0.2) is 0 Å². The fourth-order valence-electron chi connectivity index (χ4n) is 2.17. The maximum atomic E-state index is 10.7. The second-order valence-corrected chi connectivity index (χ2v) is 4.95. The van der Waals surface area contributed by atoms with Crippen LogP contribution in [0.4, 0.5) is 0 Å². The Morgan fingerprint density at radius 1 is 1.09 bits per heavy atom. The summed E-state index contributed by atoms with van der Waals surface area (Å²) in [5.41, 5.74) is 2.09. The van der Waals surface area contributed by atoms with Gasteiger partial charge in [0, 0.05) is 18.9 Å². The molecule has 4 heteroatoms. The van der Waals surface area contributed by atoms with Crippen molar-refractivity contribution in [1.29, 1.82) is 0 Å². The Kier molecular flexibility index (Phi) is 5.83. The molecule has 0 aliphatic carbocycles. The van der Waals surface area contributed by atoms with Crippen molar-refractivity contribution in [1.82, 2.24) is 0 Å². The lowest BCUT2D eigenvalue weighted by molar-refractivity contribution is -0.136. The lowest BCUT2D eigenvalue weighted by Crippen LogP contribution is -2.05. The second-order valence-electron chi connectivity index (χ2n) is 4.95. The number of hydrogen-bond acceptors (Lipinski definition) is 3. The Hall–Kier alpha value is -2.49. The summed E-state index contributed by atoms with van der Waals surface area (Å²) >= 11 is 0. The van der Waals surface area contributed by atoms with Gasteiger partial charge in [0.2, 0.25) is 0 Å². The second kappa shape index (κ2) is 8.08. The van der Waals surface area contributed by atoms with Crippen LogP contribution in [0.15, 0.2) is 48.5 Å². The van der Waals surface area contributed by atoms with Crippen LogP contribution in [0.5, 0.6) is 11.5 Å². The van der Waals surface area contributed by atoms with E-state index in [1.54, 1.807) is 7.11 Å². The zero-order valence-electron chi connectivity index (χ0n) is 12.6. The van der Waals surface area contributed by atoms with Crippen LogP contribution in [0.3, 0.4) is 0 Å². The average molecular weight is 300 g/mol. The molecule has 0 atom stereocenters. The number of rotatable bonds is 8. The minimum absolute atomic E-state index is 0.0847. The summed E-state index contributed by atoms with van der Waals surface area (Å²) in [4.78, 5) is 10.7. The third-order valence-corrected chi connectivity index (χ3v) is 3.37. The molecule has 22 heavy (non-hydrogen) atoms. The van der Waals surface area contributed by atoms with Gasteiger partial charge in [-0.1, -0.05) is 36.4 Å². The number of aliphatic carboxylic acids is 1. The standard InChI is InChI=1S/C18H20O4/c1-21-16-9-7-15(8-10-18(19)20)17(13-16)22-12-11-14-5-3-2-4-6-14/h2-7,9,13H,8,10-12H2,1H3,(H,19,20). The Morgan fingerprint density at radius 3 is 2.55 bits per heavy atom. The molecule has 4 nitrogen and oxygen atoms in total. The van der Waals surface area contributed by atoms with Crippen LogP contribution in [-0.4, -0.2) is 24.8 Å². The maximum Gasteiger partial charge on any atom is 0.303 e. The summed E-state index contributed by atoms with van der Waals surface area (Å²) in [5.74, 6) is 0.580. The molecular formula is C18H20O4. The summed E-state index contributed by atoms with van der Waals surface area (Å²) in [7, 11) is 1.60. The minimum Gasteiger partial charge on any atom is -0.497 e. The summed E-state index contributed by atoms with van der Waals surface area (Å²) in [6.45, 7) is 0.539. The topological polar surface area (TPSA) is 55.8 Å². The third kappa shape index (κ3) is 4.81. The van der Waals surface area contributed by atoms with E-state index < -0.39 is 5.97 Å². The quantitative estimate of drug-likeness (QED) is 0.812. The fourth-order valence-corrected chi connectivity index (χ4v) is 2.17. The zero-order valence-corrected chi connectivity index (χ0v) is 12.6.